The molecule has 0 aliphatic carbocycles. The first-order valence-corrected chi connectivity index (χ1v) is 7.21. The van der Waals surface area contributed by atoms with E-state index in [1.165, 1.54) is 12.2 Å². The van der Waals surface area contributed by atoms with E-state index in [0.29, 0.717) is 6.04 Å². The molecule has 1 heterocycles. The van der Waals surface area contributed by atoms with Crippen LogP contribution < -0.4 is 5.32 Å². The van der Waals surface area contributed by atoms with Crippen molar-refractivity contribution < 1.29 is 0 Å². The minimum atomic E-state index is 0.533. The largest absolute Gasteiger partial charge is 0.317 e. The van der Waals surface area contributed by atoms with Gasteiger partial charge >= 0.3 is 0 Å². The number of pyridine rings is 1. The number of hydrogen-bond acceptors (Lipinski definition) is 3. The van der Waals surface area contributed by atoms with Crippen LogP contribution in [0, 0.1) is 0 Å². The van der Waals surface area contributed by atoms with Crippen LogP contribution in [0.2, 0.25) is 0 Å². The summed E-state index contributed by atoms with van der Waals surface area (Å²) in [6, 6.07) is 4.66. The van der Waals surface area contributed by atoms with Gasteiger partial charge in [0.25, 0.3) is 0 Å². The second-order valence-electron chi connectivity index (χ2n) is 3.44. The van der Waals surface area contributed by atoms with Gasteiger partial charge in [0.2, 0.25) is 0 Å². The Kier molecular flexibility index (Phi) is 6.29. The van der Waals surface area contributed by atoms with E-state index < -0.39 is 0 Å². The molecule has 0 amide bonds. The van der Waals surface area contributed by atoms with Gasteiger partial charge in [-0.05, 0) is 53.5 Å². The zero-order valence-corrected chi connectivity index (χ0v) is 11.6. The lowest BCUT2D eigenvalue weighted by molar-refractivity contribution is 0.541. The van der Waals surface area contributed by atoms with Gasteiger partial charge in [-0.2, -0.15) is 11.8 Å². The van der Waals surface area contributed by atoms with Crippen molar-refractivity contribution in [3.63, 3.8) is 0 Å². The molecule has 0 saturated heterocycles. The normalized spacial score (nSPS) is 12.7. The Morgan fingerprint density at radius 1 is 1.53 bits per heavy atom. The SMILES string of the molecule is CNC(CCSC)Cc1ccc(Br)cn1. The summed E-state index contributed by atoms with van der Waals surface area (Å²) in [6.45, 7) is 0. The Bertz CT molecular complexity index is 276. The van der Waals surface area contributed by atoms with Crippen LogP contribution in [0.4, 0.5) is 0 Å². The molecule has 0 fully saturated rings. The van der Waals surface area contributed by atoms with Crippen LogP contribution >= 0.6 is 27.7 Å². The molecular formula is C11H17BrN2S. The molecule has 1 aromatic heterocycles. The van der Waals surface area contributed by atoms with Crippen LogP contribution in [0.1, 0.15) is 12.1 Å². The van der Waals surface area contributed by atoms with Crippen molar-refractivity contribution in [1.29, 1.82) is 0 Å². The average molecular weight is 289 g/mol. The molecule has 0 aromatic carbocycles. The van der Waals surface area contributed by atoms with Crippen LogP contribution in [0.25, 0.3) is 0 Å². The van der Waals surface area contributed by atoms with Gasteiger partial charge in [0.15, 0.2) is 0 Å². The van der Waals surface area contributed by atoms with Crippen molar-refractivity contribution in [2.45, 2.75) is 18.9 Å². The van der Waals surface area contributed by atoms with Gasteiger partial charge in [0, 0.05) is 28.8 Å². The maximum atomic E-state index is 4.38. The molecule has 1 atom stereocenters. The Hall–Kier alpha value is -0.0600. The summed E-state index contributed by atoms with van der Waals surface area (Å²) < 4.78 is 1.04. The lowest BCUT2D eigenvalue weighted by atomic mass is 10.1. The van der Waals surface area contributed by atoms with E-state index >= 15 is 0 Å². The van der Waals surface area contributed by atoms with E-state index in [9.17, 15) is 0 Å². The molecule has 0 spiro atoms. The molecule has 84 valence electrons. The molecule has 0 aliphatic rings. The molecule has 0 bridgehead atoms. The summed E-state index contributed by atoms with van der Waals surface area (Å²) in [4.78, 5) is 4.38. The molecule has 1 aromatic rings. The third-order valence-corrected chi connectivity index (χ3v) is 3.44. The van der Waals surface area contributed by atoms with E-state index in [2.05, 4.69) is 38.6 Å². The van der Waals surface area contributed by atoms with Gasteiger partial charge < -0.3 is 5.32 Å². The number of thioether (sulfide) groups is 1. The van der Waals surface area contributed by atoms with Gasteiger partial charge in [-0.1, -0.05) is 0 Å². The first kappa shape index (κ1) is 13.0. The predicted molar refractivity (Wildman–Crippen MR) is 71.5 cm³/mol. The third kappa shape index (κ3) is 5.00. The van der Waals surface area contributed by atoms with Crippen molar-refractivity contribution in [3.8, 4) is 0 Å². The fourth-order valence-corrected chi connectivity index (χ4v) is 2.14. The molecule has 0 aliphatic heterocycles. The highest BCUT2D eigenvalue weighted by molar-refractivity contribution is 9.10. The molecule has 4 heteroatoms. The average Bonchev–Trinajstić information content (AvgIpc) is 2.27. The molecular weight excluding hydrogens is 272 g/mol. The van der Waals surface area contributed by atoms with Gasteiger partial charge in [0.05, 0.1) is 0 Å². The standard InChI is InChI=1S/C11H17BrN2S/c1-13-10(5-6-15-2)7-11-4-3-9(12)8-14-11/h3-4,8,10,13H,5-7H2,1-2H3. The fraction of sp³-hybridized carbons (Fsp3) is 0.545. The Morgan fingerprint density at radius 3 is 2.87 bits per heavy atom. The van der Waals surface area contributed by atoms with Crippen LogP contribution in [-0.4, -0.2) is 30.1 Å². The molecule has 1 rings (SSSR count). The molecule has 1 unspecified atom stereocenters. The number of likely N-dealkylation sites (N-methyl/N-ethyl adjacent to an activating group) is 1. The summed E-state index contributed by atoms with van der Waals surface area (Å²) in [5.74, 6) is 1.20. The van der Waals surface area contributed by atoms with E-state index in [0.717, 1.165) is 16.6 Å². The lowest BCUT2D eigenvalue weighted by Crippen LogP contribution is -2.28. The number of hydrogen-bond donors (Lipinski definition) is 1. The zero-order chi connectivity index (χ0) is 11.1. The van der Waals surface area contributed by atoms with Crippen LogP contribution in [0.15, 0.2) is 22.8 Å². The van der Waals surface area contributed by atoms with Crippen molar-refractivity contribution in [2.75, 3.05) is 19.1 Å². The van der Waals surface area contributed by atoms with Crippen molar-refractivity contribution >= 4 is 27.7 Å². The summed E-state index contributed by atoms with van der Waals surface area (Å²) >= 11 is 5.28. The highest BCUT2D eigenvalue weighted by Gasteiger charge is 2.07. The molecule has 2 nitrogen and oxygen atoms in total. The fourth-order valence-electron chi connectivity index (χ4n) is 1.39. The third-order valence-electron chi connectivity index (χ3n) is 2.32. The topological polar surface area (TPSA) is 24.9 Å². The molecule has 0 radical (unpaired) electrons. The zero-order valence-electron chi connectivity index (χ0n) is 9.16. The van der Waals surface area contributed by atoms with Gasteiger partial charge in [0.1, 0.15) is 0 Å². The highest BCUT2D eigenvalue weighted by atomic mass is 79.9. The minimum Gasteiger partial charge on any atom is -0.317 e. The Labute approximate surface area is 104 Å². The van der Waals surface area contributed by atoms with Crippen molar-refractivity contribution in [3.05, 3.63) is 28.5 Å². The van der Waals surface area contributed by atoms with E-state index in [4.69, 9.17) is 0 Å². The van der Waals surface area contributed by atoms with Crippen LogP contribution in [-0.2, 0) is 6.42 Å². The van der Waals surface area contributed by atoms with Crippen LogP contribution in [0.5, 0.6) is 0 Å². The van der Waals surface area contributed by atoms with E-state index in [1.807, 2.05) is 31.1 Å². The maximum Gasteiger partial charge on any atom is 0.0419 e. The summed E-state index contributed by atoms with van der Waals surface area (Å²) in [6.07, 6.45) is 6.20. The Balaban J connectivity index is 2.47. The lowest BCUT2D eigenvalue weighted by Gasteiger charge is -2.14. The number of rotatable bonds is 6. The number of aromatic nitrogens is 1. The first-order valence-electron chi connectivity index (χ1n) is 5.03. The summed E-state index contributed by atoms with van der Waals surface area (Å²) in [7, 11) is 2.02. The number of nitrogens with one attached hydrogen (secondary N) is 1. The Morgan fingerprint density at radius 2 is 2.33 bits per heavy atom. The smallest absolute Gasteiger partial charge is 0.0419 e. The number of halogens is 1. The van der Waals surface area contributed by atoms with Gasteiger partial charge in [-0.3, -0.25) is 4.98 Å². The van der Waals surface area contributed by atoms with Crippen molar-refractivity contribution in [1.82, 2.24) is 10.3 Å². The predicted octanol–water partition coefficient (Wildman–Crippen LogP) is 2.73. The van der Waals surface area contributed by atoms with Gasteiger partial charge in [-0.25, -0.2) is 0 Å². The molecule has 1 N–H and O–H groups in total. The van der Waals surface area contributed by atoms with Crippen LogP contribution in [0.3, 0.4) is 0 Å². The van der Waals surface area contributed by atoms with Gasteiger partial charge in [-0.15, -0.1) is 0 Å². The highest BCUT2D eigenvalue weighted by Crippen LogP contribution is 2.10. The molecule has 0 saturated carbocycles. The maximum absolute atomic E-state index is 4.38. The molecule has 15 heavy (non-hydrogen) atoms. The monoisotopic (exact) mass is 288 g/mol. The van der Waals surface area contributed by atoms with E-state index in [1.54, 1.807) is 0 Å². The first-order chi connectivity index (χ1) is 7.26. The van der Waals surface area contributed by atoms with E-state index in [-0.39, 0.29) is 0 Å². The quantitative estimate of drug-likeness (QED) is 0.871. The second kappa shape index (κ2) is 7.25. The second-order valence-corrected chi connectivity index (χ2v) is 5.34. The summed E-state index contributed by atoms with van der Waals surface area (Å²) in [5.41, 5.74) is 1.15. The van der Waals surface area contributed by atoms with Crippen molar-refractivity contribution in [2.24, 2.45) is 0 Å². The minimum absolute atomic E-state index is 0.533. The number of nitrogens with zero attached hydrogens (tertiary/aromatic N) is 1. The summed E-state index contributed by atoms with van der Waals surface area (Å²) in [5, 5.41) is 3.33.